The summed E-state index contributed by atoms with van der Waals surface area (Å²) in [7, 11) is 2.00. The number of thioether (sulfide) groups is 1. The van der Waals surface area contributed by atoms with Gasteiger partial charge in [0.25, 0.3) is 0 Å². The molecular weight excluding hydrogens is 330 g/mol. The molecule has 3 aromatic heterocycles. The molecule has 25 heavy (non-hydrogen) atoms. The van der Waals surface area contributed by atoms with E-state index in [4.69, 9.17) is 0 Å². The Kier molecular flexibility index (Phi) is 4.05. The Labute approximate surface area is 150 Å². The predicted octanol–water partition coefficient (Wildman–Crippen LogP) is 4.04. The Morgan fingerprint density at radius 3 is 2.48 bits per heavy atom. The number of hydrogen-bond donors (Lipinski definition) is 0. The van der Waals surface area contributed by atoms with Crippen LogP contribution >= 0.6 is 11.8 Å². The molecule has 0 saturated carbocycles. The lowest BCUT2D eigenvalue weighted by atomic mass is 10.1. The Morgan fingerprint density at radius 1 is 0.920 bits per heavy atom. The molecule has 0 N–H and O–H groups in total. The van der Waals surface area contributed by atoms with E-state index in [-0.39, 0.29) is 0 Å². The van der Waals surface area contributed by atoms with Crippen molar-refractivity contribution in [1.29, 1.82) is 0 Å². The van der Waals surface area contributed by atoms with Gasteiger partial charge >= 0.3 is 0 Å². The van der Waals surface area contributed by atoms with Crippen molar-refractivity contribution >= 4 is 17.4 Å². The number of hydrogen-bond acceptors (Lipinski definition) is 4. The molecule has 4 rings (SSSR count). The van der Waals surface area contributed by atoms with Crippen molar-refractivity contribution in [3.8, 4) is 11.4 Å². The van der Waals surface area contributed by atoms with Gasteiger partial charge in [-0.2, -0.15) is 0 Å². The van der Waals surface area contributed by atoms with Gasteiger partial charge in [0, 0.05) is 30.8 Å². The van der Waals surface area contributed by atoms with Crippen LogP contribution in [0, 0.1) is 13.8 Å². The van der Waals surface area contributed by atoms with Crippen LogP contribution in [-0.2, 0) is 12.8 Å². The van der Waals surface area contributed by atoms with Crippen LogP contribution in [0.5, 0.6) is 0 Å². The summed E-state index contributed by atoms with van der Waals surface area (Å²) < 4.78 is 4.11. The molecule has 0 aliphatic heterocycles. The van der Waals surface area contributed by atoms with Crippen molar-refractivity contribution < 1.29 is 0 Å². The Morgan fingerprint density at radius 2 is 1.68 bits per heavy atom. The van der Waals surface area contributed by atoms with Crippen molar-refractivity contribution in [2.75, 3.05) is 0 Å². The van der Waals surface area contributed by atoms with Crippen molar-refractivity contribution in [2.45, 2.75) is 24.8 Å². The molecule has 5 nitrogen and oxygen atoms in total. The average Bonchev–Trinajstić information content (AvgIpc) is 3.16. The van der Waals surface area contributed by atoms with Gasteiger partial charge in [0.15, 0.2) is 11.0 Å². The third-order valence-electron chi connectivity index (χ3n) is 4.14. The fourth-order valence-corrected chi connectivity index (χ4v) is 3.55. The van der Waals surface area contributed by atoms with E-state index in [2.05, 4.69) is 76.2 Å². The van der Waals surface area contributed by atoms with E-state index in [1.165, 1.54) is 11.1 Å². The van der Waals surface area contributed by atoms with Crippen LogP contribution < -0.4 is 0 Å². The van der Waals surface area contributed by atoms with E-state index in [9.17, 15) is 0 Å². The van der Waals surface area contributed by atoms with Crippen LogP contribution in [0.2, 0.25) is 0 Å². The van der Waals surface area contributed by atoms with Crippen molar-refractivity contribution in [2.24, 2.45) is 7.05 Å². The second-order valence-electron chi connectivity index (χ2n) is 6.22. The Bertz CT molecular complexity index is 1030. The molecule has 0 aliphatic rings. The van der Waals surface area contributed by atoms with Crippen LogP contribution in [0.1, 0.15) is 16.8 Å². The standard InChI is InChI=1S/C19H19N5S/c1-13-4-7-15(8-5-13)18-21-22-19(23(18)3)25-12-16-11-24-10-14(2)6-9-17(24)20-16/h4-11H,12H2,1-3H3. The number of pyridine rings is 1. The smallest absolute Gasteiger partial charge is 0.191 e. The van der Waals surface area contributed by atoms with Crippen molar-refractivity contribution in [3.63, 3.8) is 0 Å². The normalized spacial score (nSPS) is 11.3. The molecule has 0 spiro atoms. The molecule has 0 bridgehead atoms. The van der Waals surface area contributed by atoms with Gasteiger partial charge in [-0.05, 0) is 25.5 Å². The van der Waals surface area contributed by atoms with Gasteiger partial charge in [0.1, 0.15) is 5.65 Å². The van der Waals surface area contributed by atoms with E-state index < -0.39 is 0 Å². The first-order valence-electron chi connectivity index (χ1n) is 8.13. The summed E-state index contributed by atoms with van der Waals surface area (Å²) in [5, 5.41) is 9.58. The molecule has 0 saturated heterocycles. The molecule has 0 unspecified atom stereocenters. The van der Waals surface area contributed by atoms with E-state index in [0.29, 0.717) is 0 Å². The number of rotatable bonds is 4. The fourth-order valence-electron chi connectivity index (χ4n) is 2.76. The fraction of sp³-hybridized carbons (Fsp3) is 0.211. The first-order chi connectivity index (χ1) is 12.1. The number of benzene rings is 1. The monoisotopic (exact) mass is 349 g/mol. The van der Waals surface area contributed by atoms with E-state index in [0.717, 1.165) is 33.6 Å². The molecule has 3 heterocycles. The van der Waals surface area contributed by atoms with Crippen molar-refractivity contribution in [1.82, 2.24) is 24.1 Å². The predicted molar refractivity (Wildman–Crippen MR) is 101 cm³/mol. The number of nitrogens with zero attached hydrogens (tertiary/aromatic N) is 5. The number of aromatic nitrogens is 5. The van der Waals surface area contributed by atoms with Gasteiger partial charge in [0.05, 0.1) is 5.69 Å². The van der Waals surface area contributed by atoms with Gasteiger partial charge in [0.2, 0.25) is 0 Å². The summed E-state index contributed by atoms with van der Waals surface area (Å²) in [5.41, 5.74) is 5.55. The molecule has 0 amide bonds. The van der Waals surface area contributed by atoms with Crippen LogP contribution in [0.4, 0.5) is 0 Å². The summed E-state index contributed by atoms with van der Waals surface area (Å²) in [6, 6.07) is 12.5. The second kappa shape index (κ2) is 6.37. The summed E-state index contributed by atoms with van der Waals surface area (Å²) in [5.74, 6) is 1.65. The molecular formula is C19H19N5S. The summed E-state index contributed by atoms with van der Waals surface area (Å²) >= 11 is 1.65. The minimum atomic E-state index is 0.764. The SMILES string of the molecule is Cc1ccc(-c2nnc(SCc3cn4cc(C)ccc4n3)n2C)cc1. The minimum absolute atomic E-state index is 0.764. The first-order valence-corrected chi connectivity index (χ1v) is 9.12. The summed E-state index contributed by atoms with van der Waals surface area (Å²) in [6.45, 7) is 4.16. The molecule has 4 aromatic rings. The number of aryl methyl sites for hydroxylation is 2. The highest BCUT2D eigenvalue weighted by Crippen LogP contribution is 2.25. The third kappa shape index (κ3) is 3.17. The molecule has 1 aromatic carbocycles. The molecule has 0 atom stereocenters. The molecule has 6 heteroatoms. The molecule has 0 aliphatic carbocycles. The maximum absolute atomic E-state index is 4.66. The quantitative estimate of drug-likeness (QED) is 0.522. The van der Waals surface area contributed by atoms with E-state index in [1.54, 1.807) is 11.8 Å². The molecule has 126 valence electrons. The lowest BCUT2D eigenvalue weighted by Gasteiger charge is -2.03. The van der Waals surface area contributed by atoms with Gasteiger partial charge in [-0.15, -0.1) is 10.2 Å². The second-order valence-corrected chi connectivity index (χ2v) is 7.17. The molecule has 0 fully saturated rings. The zero-order chi connectivity index (χ0) is 17.4. The first kappa shape index (κ1) is 15.9. The lowest BCUT2D eigenvalue weighted by Crippen LogP contribution is -1.95. The van der Waals surface area contributed by atoms with Crippen LogP contribution in [-0.4, -0.2) is 24.1 Å². The summed E-state index contributed by atoms with van der Waals surface area (Å²) in [6.07, 6.45) is 4.17. The van der Waals surface area contributed by atoms with E-state index >= 15 is 0 Å². The highest BCUT2D eigenvalue weighted by Gasteiger charge is 2.12. The van der Waals surface area contributed by atoms with Gasteiger partial charge in [-0.3, -0.25) is 0 Å². The zero-order valence-corrected chi connectivity index (χ0v) is 15.3. The minimum Gasteiger partial charge on any atom is -0.307 e. The van der Waals surface area contributed by atoms with Crippen LogP contribution in [0.15, 0.2) is 53.9 Å². The highest BCUT2D eigenvalue weighted by molar-refractivity contribution is 7.98. The van der Waals surface area contributed by atoms with Crippen LogP contribution in [0.3, 0.4) is 0 Å². The lowest BCUT2D eigenvalue weighted by molar-refractivity contribution is 0.793. The highest BCUT2D eigenvalue weighted by atomic mass is 32.2. The maximum atomic E-state index is 4.66. The van der Waals surface area contributed by atoms with Gasteiger partial charge in [-0.1, -0.05) is 47.7 Å². The molecule has 0 radical (unpaired) electrons. The Balaban J connectivity index is 1.53. The summed E-state index contributed by atoms with van der Waals surface area (Å²) in [4.78, 5) is 4.66. The Hall–Kier alpha value is -2.60. The van der Waals surface area contributed by atoms with Gasteiger partial charge in [-0.25, -0.2) is 4.98 Å². The average molecular weight is 349 g/mol. The van der Waals surface area contributed by atoms with Crippen molar-refractivity contribution in [3.05, 3.63) is 65.6 Å². The van der Waals surface area contributed by atoms with E-state index in [1.807, 2.05) is 17.7 Å². The topological polar surface area (TPSA) is 48.0 Å². The maximum Gasteiger partial charge on any atom is 0.191 e. The van der Waals surface area contributed by atoms with Gasteiger partial charge < -0.3 is 8.97 Å². The third-order valence-corrected chi connectivity index (χ3v) is 5.20. The number of fused-ring (bicyclic) bond motifs is 1. The zero-order valence-electron chi connectivity index (χ0n) is 14.5. The number of imidazole rings is 1. The largest absolute Gasteiger partial charge is 0.307 e. The van der Waals surface area contributed by atoms with Crippen LogP contribution in [0.25, 0.3) is 17.0 Å².